The molecule has 0 aromatic rings. The first kappa shape index (κ1) is 17.5. The van der Waals surface area contributed by atoms with Crippen LogP contribution in [0.15, 0.2) is 0 Å². The quantitative estimate of drug-likeness (QED) is 0.643. The van der Waals surface area contributed by atoms with Crippen molar-refractivity contribution in [1.82, 2.24) is 10.2 Å². The van der Waals surface area contributed by atoms with E-state index in [2.05, 4.69) is 5.32 Å². The Morgan fingerprint density at radius 1 is 1.29 bits per heavy atom. The SMILES string of the molecule is CCCN(CC(=O)OCC)C(=O)CCNC(=O)C1CC1C. The Balaban J connectivity index is 2.31. The second-order valence-corrected chi connectivity index (χ2v) is 5.48. The van der Waals surface area contributed by atoms with Crippen LogP contribution in [0.1, 0.15) is 40.0 Å². The van der Waals surface area contributed by atoms with Crippen molar-refractivity contribution in [2.45, 2.75) is 40.0 Å². The molecule has 2 unspecified atom stereocenters. The smallest absolute Gasteiger partial charge is 0.325 e. The number of hydrogen-bond donors (Lipinski definition) is 1. The van der Waals surface area contributed by atoms with E-state index in [9.17, 15) is 14.4 Å². The van der Waals surface area contributed by atoms with Crippen LogP contribution in [0, 0.1) is 11.8 Å². The first-order chi connectivity index (χ1) is 9.99. The van der Waals surface area contributed by atoms with E-state index >= 15 is 0 Å². The summed E-state index contributed by atoms with van der Waals surface area (Å²) in [7, 11) is 0. The van der Waals surface area contributed by atoms with Gasteiger partial charge in [-0.25, -0.2) is 0 Å². The van der Waals surface area contributed by atoms with Gasteiger partial charge in [-0.15, -0.1) is 0 Å². The lowest BCUT2D eigenvalue weighted by Crippen LogP contribution is -2.39. The van der Waals surface area contributed by atoms with Crippen LogP contribution in [0.4, 0.5) is 0 Å². The molecule has 1 aliphatic rings. The average Bonchev–Trinajstić information content (AvgIpc) is 3.15. The van der Waals surface area contributed by atoms with Gasteiger partial charge >= 0.3 is 5.97 Å². The van der Waals surface area contributed by atoms with Crippen molar-refractivity contribution in [3.8, 4) is 0 Å². The van der Waals surface area contributed by atoms with E-state index in [1.165, 1.54) is 4.90 Å². The molecule has 6 nitrogen and oxygen atoms in total. The maximum absolute atomic E-state index is 12.1. The Bertz CT molecular complexity index is 384. The average molecular weight is 298 g/mol. The fourth-order valence-electron chi connectivity index (χ4n) is 2.19. The molecule has 0 heterocycles. The van der Waals surface area contributed by atoms with Crippen molar-refractivity contribution in [1.29, 1.82) is 0 Å². The first-order valence-electron chi connectivity index (χ1n) is 7.70. The van der Waals surface area contributed by atoms with E-state index in [4.69, 9.17) is 4.74 Å². The highest BCUT2D eigenvalue weighted by molar-refractivity contribution is 5.84. The molecule has 1 N–H and O–H groups in total. The van der Waals surface area contributed by atoms with Crippen LogP contribution in [0.25, 0.3) is 0 Å². The molecule has 1 saturated carbocycles. The van der Waals surface area contributed by atoms with Gasteiger partial charge in [0.25, 0.3) is 0 Å². The second-order valence-electron chi connectivity index (χ2n) is 5.48. The zero-order valence-corrected chi connectivity index (χ0v) is 13.2. The molecular weight excluding hydrogens is 272 g/mol. The number of carbonyl (C=O) groups excluding carboxylic acids is 3. The standard InChI is InChI=1S/C15H26N2O4/c1-4-8-17(10-14(19)21-5-2)13(18)6-7-16-15(20)12-9-11(12)3/h11-12H,4-10H2,1-3H3,(H,16,20). The Hall–Kier alpha value is -1.59. The molecule has 0 aromatic heterocycles. The Morgan fingerprint density at radius 3 is 2.48 bits per heavy atom. The van der Waals surface area contributed by atoms with Crippen molar-refractivity contribution in [3.05, 3.63) is 0 Å². The minimum absolute atomic E-state index is 0.0197. The third kappa shape index (κ3) is 6.14. The lowest BCUT2D eigenvalue weighted by atomic mass is 10.3. The zero-order chi connectivity index (χ0) is 15.8. The van der Waals surface area contributed by atoms with Gasteiger partial charge in [-0.1, -0.05) is 13.8 Å². The first-order valence-corrected chi connectivity index (χ1v) is 7.70. The predicted molar refractivity (Wildman–Crippen MR) is 78.4 cm³/mol. The van der Waals surface area contributed by atoms with Gasteiger partial charge in [-0.05, 0) is 25.7 Å². The molecule has 0 saturated heterocycles. The van der Waals surface area contributed by atoms with E-state index in [-0.39, 0.29) is 30.7 Å². The molecule has 21 heavy (non-hydrogen) atoms. The normalized spacial score (nSPS) is 19.8. The zero-order valence-electron chi connectivity index (χ0n) is 13.2. The van der Waals surface area contributed by atoms with Gasteiger partial charge in [-0.3, -0.25) is 14.4 Å². The third-order valence-corrected chi connectivity index (χ3v) is 3.56. The maximum atomic E-state index is 12.1. The third-order valence-electron chi connectivity index (χ3n) is 3.56. The summed E-state index contributed by atoms with van der Waals surface area (Å²) < 4.78 is 4.86. The highest BCUT2D eigenvalue weighted by Gasteiger charge is 2.38. The number of nitrogens with one attached hydrogen (secondary N) is 1. The molecule has 0 radical (unpaired) electrons. The molecule has 6 heteroatoms. The van der Waals surface area contributed by atoms with Gasteiger partial charge in [0.05, 0.1) is 6.61 Å². The van der Waals surface area contributed by atoms with Gasteiger partial charge in [0.15, 0.2) is 0 Å². The van der Waals surface area contributed by atoms with Crippen LogP contribution in [0.3, 0.4) is 0 Å². The Labute approximate surface area is 126 Å². The number of hydrogen-bond acceptors (Lipinski definition) is 4. The van der Waals surface area contributed by atoms with Crippen LogP contribution in [-0.2, 0) is 19.1 Å². The summed E-state index contributed by atoms with van der Waals surface area (Å²) in [5, 5.41) is 2.78. The fourth-order valence-corrected chi connectivity index (χ4v) is 2.19. The molecular formula is C15H26N2O4. The number of esters is 1. The molecule has 120 valence electrons. The van der Waals surface area contributed by atoms with Crippen LogP contribution in [-0.4, -0.2) is 48.9 Å². The van der Waals surface area contributed by atoms with Crippen LogP contribution in [0.2, 0.25) is 0 Å². The van der Waals surface area contributed by atoms with Crippen LogP contribution < -0.4 is 5.32 Å². The maximum Gasteiger partial charge on any atom is 0.325 e. The van der Waals surface area contributed by atoms with E-state index < -0.39 is 5.97 Å². The van der Waals surface area contributed by atoms with E-state index in [1.54, 1.807) is 6.92 Å². The molecule has 2 atom stereocenters. The van der Waals surface area contributed by atoms with Crippen molar-refractivity contribution in [2.75, 3.05) is 26.2 Å². The van der Waals surface area contributed by atoms with Gasteiger partial charge in [0.2, 0.25) is 11.8 Å². The van der Waals surface area contributed by atoms with Crippen molar-refractivity contribution in [2.24, 2.45) is 11.8 Å². The fraction of sp³-hybridized carbons (Fsp3) is 0.800. The highest BCUT2D eigenvalue weighted by Crippen LogP contribution is 2.37. The molecule has 2 amide bonds. The minimum atomic E-state index is -0.393. The van der Waals surface area contributed by atoms with Crippen LogP contribution in [0.5, 0.6) is 0 Å². The molecule has 0 aliphatic heterocycles. The summed E-state index contributed by atoms with van der Waals surface area (Å²) in [4.78, 5) is 36.7. The number of nitrogens with zero attached hydrogens (tertiary/aromatic N) is 1. The van der Waals surface area contributed by atoms with Crippen molar-refractivity contribution >= 4 is 17.8 Å². The molecule has 0 spiro atoms. The molecule has 1 fully saturated rings. The minimum Gasteiger partial charge on any atom is -0.465 e. The van der Waals surface area contributed by atoms with Gasteiger partial charge in [-0.2, -0.15) is 0 Å². The van der Waals surface area contributed by atoms with E-state index in [1.807, 2.05) is 13.8 Å². The monoisotopic (exact) mass is 298 g/mol. The molecule has 0 bridgehead atoms. The Kier molecular flexibility index (Phi) is 7.19. The number of carbonyl (C=O) groups is 3. The lowest BCUT2D eigenvalue weighted by Gasteiger charge is -2.21. The largest absolute Gasteiger partial charge is 0.465 e. The lowest BCUT2D eigenvalue weighted by molar-refractivity contribution is -0.149. The number of ether oxygens (including phenoxy) is 1. The second kappa shape index (κ2) is 8.64. The highest BCUT2D eigenvalue weighted by atomic mass is 16.5. The summed E-state index contributed by atoms with van der Waals surface area (Å²) in [5.74, 6) is 0.0828. The van der Waals surface area contributed by atoms with E-state index in [0.29, 0.717) is 25.6 Å². The molecule has 1 aliphatic carbocycles. The van der Waals surface area contributed by atoms with Gasteiger partial charge < -0.3 is 15.0 Å². The summed E-state index contributed by atoms with van der Waals surface area (Å²) >= 11 is 0. The topological polar surface area (TPSA) is 75.7 Å². The van der Waals surface area contributed by atoms with Crippen molar-refractivity contribution < 1.29 is 19.1 Å². The van der Waals surface area contributed by atoms with Crippen molar-refractivity contribution in [3.63, 3.8) is 0 Å². The summed E-state index contributed by atoms with van der Waals surface area (Å²) in [6.45, 7) is 6.85. The van der Waals surface area contributed by atoms with E-state index in [0.717, 1.165) is 12.8 Å². The summed E-state index contributed by atoms with van der Waals surface area (Å²) in [5.41, 5.74) is 0. The Morgan fingerprint density at radius 2 is 1.95 bits per heavy atom. The summed E-state index contributed by atoms with van der Waals surface area (Å²) in [6.07, 6.45) is 1.92. The van der Waals surface area contributed by atoms with Gasteiger partial charge in [0, 0.05) is 25.4 Å². The predicted octanol–water partition coefficient (Wildman–Crippen LogP) is 0.950. The molecule has 1 rings (SSSR count). The molecule has 0 aromatic carbocycles. The number of rotatable bonds is 9. The number of amides is 2. The summed E-state index contributed by atoms with van der Waals surface area (Å²) in [6, 6.07) is 0. The van der Waals surface area contributed by atoms with Crippen LogP contribution >= 0.6 is 0 Å². The van der Waals surface area contributed by atoms with Gasteiger partial charge in [0.1, 0.15) is 6.54 Å².